The fraction of sp³-hybridized carbons (Fsp3) is 0.304. The zero-order valence-corrected chi connectivity index (χ0v) is 15.0. The first-order chi connectivity index (χ1) is 11.5. The summed E-state index contributed by atoms with van der Waals surface area (Å²) >= 11 is 0. The highest BCUT2D eigenvalue weighted by Crippen LogP contribution is 2.49. The third-order valence-electron chi connectivity index (χ3n) is 6.19. The van der Waals surface area contributed by atoms with E-state index in [4.69, 9.17) is 0 Å². The predicted molar refractivity (Wildman–Crippen MR) is 104 cm³/mol. The fourth-order valence-corrected chi connectivity index (χ4v) is 4.39. The van der Waals surface area contributed by atoms with Gasteiger partial charge in [0.05, 0.1) is 0 Å². The third-order valence-corrected chi connectivity index (χ3v) is 6.19. The first-order valence-corrected chi connectivity index (χ1v) is 8.82. The van der Waals surface area contributed by atoms with Crippen LogP contribution in [0.15, 0.2) is 60.7 Å². The minimum atomic E-state index is 0.125. The topological polar surface area (TPSA) is 3.24 Å². The summed E-state index contributed by atoms with van der Waals surface area (Å²) in [6, 6.07) is 22.7. The Hall–Kier alpha value is -2.28. The quantitative estimate of drug-likeness (QED) is 0.604. The molecule has 24 heavy (non-hydrogen) atoms. The molecule has 1 heteroatoms. The summed E-state index contributed by atoms with van der Waals surface area (Å²) in [5.74, 6) is 0. The Bertz CT molecular complexity index is 911. The van der Waals surface area contributed by atoms with E-state index in [1.54, 1.807) is 0 Å². The summed E-state index contributed by atoms with van der Waals surface area (Å²) in [5, 5.41) is 2.70. The SMILES string of the molecule is Cc1ccccc1CC1(C)c2ccc3ccccc3c2N(C)C1C. The molecule has 0 fully saturated rings. The predicted octanol–water partition coefficient (Wildman–Crippen LogP) is 5.49. The number of nitrogens with zero attached hydrogens (tertiary/aromatic N) is 1. The van der Waals surface area contributed by atoms with Crippen molar-refractivity contribution in [2.45, 2.75) is 38.6 Å². The minimum absolute atomic E-state index is 0.125. The van der Waals surface area contributed by atoms with Crippen molar-refractivity contribution >= 4 is 16.5 Å². The van der Waals surface area contributed by atoms with Gasteiger partial charge in [-0.25, -0.2) is 0 Å². The van der Waals surface area contributed by atoms with Crippen molar-refractivity contribution in [1.82, 2.24) is 0 Å². The fourth-order valence-electron chi connectivity index (χ4n) is 4.39. The number of aryl methyl sites for hydroxylation is 1. The van der Waals surface area contributed by atoms with Crippen LogP contribution in [-0.2, 0) is 11.8 Å². The second-order valence-electron chi connectivity index (χ2n) is 7.49. The molecule has 0 bridgehead atoms. The Kier molecular flexibility index (Phi) is 3.42. The molecule has 0 aromatic heterocycles. The van der Waals surface area contributed by atoms with Gasteiger partial charge in [-0.2, -0.15) is 0 Å². The number of benzene rings is 3. The monoisotopic (exact) mass is 315 g/mol. The maximum atomic E-state index is 2.48. The van der Waals surface area contributed by atoms with Gasteiger partial charge in [-0.3, -0.25) is 0 Å². The number of hydrogen-bond donors (Lipinski definition) is 0. The van der Waals surface area contributed by atoms with Gasteiger partial charge in [-0.15, -0.1) is 0 Å². The Morgan fingerprint density at radius 3 is 2.46 bits per heavy atom. The standard InChI is InChI=1S/C23H25N/c1-16-9-5-6-11-19(16)15-23(3)17(2)24(4)22-20-12-8-7-10-18(20)13-14-21(22)23/h5-14,17H,15H2,1-4H3. The Morgan fingerprint density at radius 1 is 0.958 bits per heavy atom. The zero-order valence-electron chi connectivity index (χ0n) is 15.0. The van der Waals surface area contributed by atoms with Gasteiger partial charge in [0.1, 0.15) is 0 Å². The van der Waals surface area contributed by atoms with Crippen LogP contribution in [0.4, 0.5) is 5.69 Å². The van der Waals surface area contributed by atoms with E-state index < -0.39 is 0 Å². The van der Waals surface area contributed by atoms with Crippen LogP contribution in [0.5, 0.6) is 0 Å². The van der Waals surface area contributed by atoms with Gasteiger partial charge >= 0.3 is 0 Å². The van der Waals surface area contributed by atoms with Crippen LogP contribution in [0.3, 0.4) is 0 Å². The van der Waals surface area contributed by atoms with Crippen LogP contribution < -0.4 is 4.90 Å². The maximum Gasteiger partial charge on any atom is 0.0485 e. The average molecular weight is 315 g/mol. The Labute approximate surface area is 144 Å². The Morgan fingerprint density at radius 2 is 1.67 bits per heavy atom. The summed E-state index contributed by atoms with van der Waals surface area (Å²) in [5.41, 5.74) is 5.88. The highest BCUT2D eigenvalue weighted by molar-refractivity contribution is 5.98. The second-order valence-corrected chi connectivity index (χ2v) is 7.49. The second kappa shape index (κ2) is 5.37. The van der Waals surface area contributed by atoms with Crippen LogP contribution in [0.1, 0.15) is 30.5 Å². The number of hydrogen-bond acceptors (Lipinski definition) is 1. The zero-order chi connectivity index (χ0) is 16.9. The lowest BCUT2D eigenvalue weighted by atomic mass is 9.73. The van der Waals surface area contributed by atoms with Gasteiger partial charge in [-0.1, -0.05) is 67.6 Å². The van der Waals surface area contributed by atoms with E-state index in [2.05, 4.69) is 93.4 Å². The van der Waals surface area contributed by atoms with Crippen molar-refractivity contribution in [2.24, 2.45) is 0 Å². The molecule has 1 heterocycles. The van der Waals surface area contributed by atoms with Crippen LogP contribution >= 0.6 is 0 Å². The van der Waals surface area contributed by atoms with E-state index in [9.17, 15) is 0 Å². The van der Waals surface area contributed by atoms with E-state index in [0.29, 0.717) is 6.04 Å². The van der Waals surface area contributed by atoms with Crippen LogP contribution in [-0.4, -0.2) is 13.1 Å². The van der Waals surface area contributed by atoms with E-state index in [0.717, 1.165) is 6.42 Å². The molecule has 4 rings (SSSR count). The van der Waals surface area contributed by atoms with Crippen molar-refractivity contribution in [3.8, 4) is 0 Å². The summed E-state index contributed by atoms with van der Waals surface area (Å²) in [6.45, 7) is 7.03. The van der Waals surface area contributed by atoms with Gasteiger partial charge in [-0.05, 0) is 42.3 Å². The van der Waals surface area contributed by atoms with Crippen LogP contribution in [0.2, 0.25) is 0 Å². The van der Waals surface area contributed by atoms with Gasteiger partial charge < -0.3 is 4.90 Å². The summed E-state index contributed by atoms with van der Waals surface area (Å²) < 4.78 is 0. The van der Waals surface area contributed by atoms with Crippen LogP contribution in [0, 0.1) is 6.92 Å². The molecule has 1 aliphatic heterocycles. The molecule has 0 aliphatic carbocycles. The van der Waals surface area contributed by atoms with Gasteiger partial charge in [0.25, 0.3) is 0 Å². The van der Waals surface area contributed by atoms with Gasteiger partial charge in [0, 0.05) is 29.6 Å². The molecule has 2 atom stereocenters. The smallest absolute Gasteiger partial charge is 0.0485 e. The number of fused-ring (bicyclic) bond motifs is 3. The number of anilines is 1. The van der Waals surface area contributed by atoms with Gasteiger partial charge in [0.2, 0.25) is 0 Å². The molecule has 0 radical (unpaired) electrons. The largest absolute Gasteiger partial charge is 0.370 e. The maximum absolute atomic E-state index is 2.48. The first kappa shape index (κ1) is 15.3. The van der Waals surface area contributed by atoms with E-state index >= 15 is 0 Å². The molecule has 2 unspecified atom stereocenters. The molecule has 3 aromatic rings. The lowest BCUT2D eigenvalue weighted by Crippen LogP contribution is -2.40. The van der Waals surface area contributed by atoms with Crippen LogP contribution in [0.25, 0.3) is 10.8 Å². The summed E-state index contributed by atoms with van der Waals surface area (Å²) in [6.07, 6.45) is 1.08. The highest BCUT2D eigenvalue weighted by Gasteiger charge is 2.44. The van der Waals surface area contributed by atoms with E-state index in [1.807, 2.05) is 0 Å². The normalized spacial score (nSPS) is 22.8. The van der Waals surface area contributed by atoms with Crippen molar-refractivity contribution in [1.29, 1.82) is 0 Å². The molecule has 3 aromatic carbocycles. The first-order valence-electron chi connectivity index (χ1n) is 8.82. The molecule has 0 amide bonds. The molecule has 1 nitrogen and oxygen atoms in total. The lowest BCUT2D eigenvalue weighted by Gasteiger charge is -2.33. The van der Waals surface area contributed by atoms with Crippen molar-refractivity contribution in [3.05, 3.63) is 77.4 Å². The molecule has 0 N–H and O–H groups in total. The molecular weight excluding hydrogens is 290 g/mol. The molecule has 122 valence electrons. The average Bonchev–Trinajstić information content (AvgIpc) is 2.79. The molecular formula is C23H25N. The third kappa shape index (κ3) is 2.07. The van der Waals surface area contributed by atoms with E-state index in [1.165, 1.54) is 33.2 Å². The molecule has 0 spiro atoms. The van der Waals surface area contributed by atoms with Gasteiger partial charge in [0.15, 0.2) is 0 Å². The highest BCUT2D eigenvalue weighted by atomic mass is 15.2. The summed E-state index contributed by atoms with van der Waals surface area (Å²) in [7, 11) is 2.25. The minimum Gasteiger partial charge on any atom is -0.370 e. The van der Waals surface area contributed by atoms with Crippen molar-refractivity contribution in [2.75, 3.05) is 11.9 Å². The van der Waals surface area contributed by atoms with E-state index in [-0.39, 0.29) is 5.41 Å². The number of rotatable bonds is 2. The molecule has 0 saturated heterocycles. The molecule has 1 aliphatic rings. The lowest BCUT2D eigenvalue weighted by molar-refractivity contribution is 0.409. The Balaban J connectivity index is 1.90. The number of likely N-dealkylation sites (N-methyl/N-ethyl adjacent to an activating group) is 1. The molecule has 0 saturated carbocycles. The van der Waals surface area contributed by atoms with Crippen molar-refractivity contribution < 1.29 is 0 Å². The summed E-state index contributed by atoms with van der Waals surface area (Å²) in [4.78, 5) is 2.48. The van der Waals surface area contributed by atoms with Crippen molar-refractivity contribution in [3.63, 3.8) is 0 Å².